The molecule has 356 valence electrons. The van der Waals surface area contributed by atoms with E-state index in [-0.39, 0.29) is 42.5 Å². The van der Waals surface area contributed by atoms with Crippen LogP contribution in [-0.2, 0) is 57.0 Å². The number of ether oxygens (including phenoxy) is 10. The van der Waals surface area contributed by atoms with E-state index >= 15 is 0 Å². The van der Waals surface area contributed by atoms with E-state index in [1.807, 2.05) is 32.1 Å². The Labute approximate surface area is 378 Å². The Morgan fingerprint density at radius 3 is 2.30 bits per heavy atom. The fourth-order valence-corrected chi connectivity index (χ4v) is 11.5. The number of rotatable bonds is 7. The van der Waals surface area contributed by atoms with Crippen molar-refractivity contribution in [1.82, 2.24) is 0 Å². The number of aliphatic hydroxyl groups is 2. The maximum absolute atomic E-state index is 14.4. The molecule has 0 radical (unpaired) electrons. The first kappa shape index (κ1) is 47.9. The molecule has 4 unspecified atom stereocenters. The van der Waals surface area contributed by atoms with Crippen LogP contribution in [0.1, 0.15) is 106 Å². The molecule has 2 aliphatic carbocycles. The van der Waals surface area contributed by atoms with Crippen molar-refractivity contribution in [2.24, 2.45) is 23.7 Å². The molecule has 0 amide bonds. The standard InChI is InChI=1S/C50H72O14/c1-27-13-12-16-34-26-57-47-42(51)30(4)21-37(50(34,47)54)48(53)60-36-22-35(63-49(25-36)20-19-29(3)45(64-49)33-14-10-9-11-15-33)18-17-28(2)44(27)61-41-24-39(56-8)46(32(6)59-41)62-40-23-38(55-7)43(52)31(5)58-40/h12-13,16-17,19-21,27,29,31-33,35-41,43-47,52,54H,9-11,14-15,18,22-26H2,1-8H3/b13-12+,28-17+,34-16+/t27-,29-,31-,32-,35+,36?,37?,38-,39-,40-,41-,43?,44-,45?,46-,47+,49+,50+/m0/s1. The number of carbonyl (C=O) groups is 2. The number of ketones is 1. The lowest BCUT2D eigenvalue weighted by Gasteiger charge is -2.49. The highest BCUT2D eigenvalue weighted by Crippen LogP contribution is 2.47. The van der Waals surface area contributed by atoms with Crippen molar-refractivity contribution >= 4 is 11.8 Å². The lowest BCUT2D eigenvalue weighted by Crippen LogP contribution is -2.57. The molecule has 14 nitrogen and oxygen atoms in total. The summed E-state index contributed by atoms with van der Waals surface area (Å²) >= 11 is 0. The van der Waals surface area contributed by atoms with Crippen LogP contribution in [0.2, 0.25) is 0 Å². The molecule has 2 N–H and O–H groups in total. The summed E-state index contributed by atoms with van der Waals surface area (Å²) in [5.74, 6) is -2.83. The molecule has 0 aromatic carbocycles. The minimum absolute atomic E-state index is 0.0236. The fourth-order valence-electron chi connectivity index (χ4n) is 11.5. The first-order valence-corrected chi connectivity index (χ1v) is 23.8. The summed E-state index contributed by atoms with van der Waals surface area (Å²) in [6, 6.07) is 0. The minimum atomic E-state index is -1.93. The summed E-state index contributed by atoms with van der Waals surface area (Å²) in [5.41, 5.74) is -0.200. The van der Waals surface area contributed by atoms with Crippen molar-refractivity contribution in [3.8, 4) is 0 Å². The van der Waals surface area contributed by atoms with Crippen LogP contribution in [0, 0.1) is 23.7 Å². The average molecular weight is 897 g/mol. The van der Waals surface area contributed by atoms with Gasteiger partial charge in [0.2, 0.25) is 0 Å². The third-order valence-corrected chi connectivity index (χ3v) is 15.2. The van der Waals surface area contributed by atoms with Crippen molar-refractivity contribution in [2.75, 3.05) is 20.8 Å². The van der Waals surface area contributed by atoms with Gasteiger partial charge < -0.3 is 57.6 Å². The zero-order valence-corrected chi connectivity index (χ0v) is 38.9. The predicted molar refractivity (Wildman–Crippen MR) is 233 cm³/mol. The maximum atomic E-state index is 14.4. The second kappa shape index (κ2) is 19.9. The highest BCUT2D eigenvalue weighted by Gasteiger charge is 2.60. The number of hydrogen-bond donors (Lipinski definition) is 2. The third-order valence-electron chi connectivity index (χ3n) is 15.2. The quantitative estimate of drug-likeness (QED) is 0.222. The molecule has 6 aliphatic heterocycles. The van der Waals surface area contributed by atoms with E-state index in [0.29, 0.717) is 49.2 Å². The van der Waals surface area contributed by atoms with Gasteiger partial charge in [-0.05, 0) is 75.7 Å². The lowest BCUT2D eigenvalue weighted by atomic mass is 9.71. The van der Waals surface area contributed by atoms with Crippen LogP contribution in [0.3, 0.4) is 0 Å². The Bertz CT molecular complexity index is 1830. The first-order chi connectivity index (χ1) is 30.6. The highest BCUT2D eigenvalue weighted by molar-refractivity contribution is 6.03. The second-order valence-electron chi connectivity index (χ2n) is 19.8. The smallest absolute Gasteiger partial charge is 0.316 e. The van der Waals surface area contributed by atoms with E-state index in [0.717, 1.165) is 18.4 Å². The van der Waals surface area contributed by atoms with Gasteiger partial charge in [0, 0.05) is 51.7 Å². The number of hydrogen-bond acceptors (Lipinski definition) is 14. The van der Waals surface area contributed by atoms with Gasteiger partial charge in [0.15, 0.2) is 30.3 Å². The summed E-state index contributed by atoms with van der Waals surface area (Å²) in [4.78, 5) is 27.9. The van der Waals surface area contributed by atoms with Crippen LogP contribution in [0.5, 0.6) is 0 Å². The molecule has 1 saturated carbocycles. The van der Waals surface area contributed by atoms with Crippen LogP contribution in [-0.4, -0.2) is 134 Å². The fraction of sp³-hybridized carbons (Fsp3) is 0.760. The second-order valence-corrected chi connectivity index (χ2v) is 19.8. The zero-order chi connectivity index (χ0) is 45.5. The largest absolute Gasteiger partial charge is 0.462 e. The topological polar surface area (TPSA) is 167 Å². The van der Waals surface area contributed by atoms with Gasteiger partial charge in [0.1, 0.15) is 29.8 Å². The first-order valence-electron chi connectivity index (χ1n) is 23.8. The molecule has 64 heavy (non-hydrogen) atoms. The Balaban J connectivity index is 1.08. The molecule has 2 bridgehead atoms. The van der Waals surface area contributed by atoms with Crippen molar-refractivity contribution < 1.29 is 67.2 Å². The van der Waals surface area contributed by atoms with Crippen LogP contribution in [0.15, 0.2) is 59.3 Å². The number of methoxy groups -OCH3 is 2. The van der Waals surface area contributed by atoms with Gasteiger partial charge in [0.05, 0.1) is 49.3 Å². The van der Waals surface area contributed by atoms with Gasteiger partial charge in [-0.1, -0.05) is 69.6 Å². The molecule has 14 heteroatoms. The molecule has 1 spiro atoms. The molecule has 6 heterocycles. The van der Waals surface area contributed by atoms with Gasteiger partial charge in [-0.25, -0.2) is 0 Å². The van der Waals surface area contributed by atoms with Gasteiger partial charge >= 0.3 is 5.97 Å². The SMILES string of the molecule is CO[C@H]1C[C@H](O[C@H]2[C@H](C)O[C@@H](O[C@@H]3/C(C)=C/C[C@@H]4CC(C[C@]5(C=C[C@H](C)C(C6CCCCC6)O5)O4)OC(=O)C4C=C(C)C(=O)[C@H]5OC/C(=C\C=C\[C@@H]3C)[C@@]45O)C[C@@H]2OC)O[C@@H](C)C1O. The Kier molecular flexibility index (Phi) is 14.9. The molecule has 0 aromatic heterocycles. The Hall–Kier alpha value is -2.60. The molecule has 0 aromatic rings. The number of allylic oxidation sites excluding steroid dienone is 2. The van der Waals surface area contributed by atoms with Gasteiger partial charge in [-0.3, -0.25) is 9.59 Å². The number of esters is 1. The highest BCUT2D eigenvalue weighted by atomic mass is 16.7. The average Bonchev–Trinajstić information content (AvgIpc) is 3.62. The van der Waals surface area contributed by atoms with Gasteiger partial charge in [0.25, 0.3) is 0 Å². The van der Waals surface area contributed by atoms with E-state index in [4.69, 9.17) is 47.4 Å². The summed E-state index contributed by atoms with van der Waals surface area (Å²) < 4.78 is 63.9. The molecular weight excluding hydrogens is 825 g/mol. The third kappa shape index (κ3) is 9.72. The Morgan fingerprint density at radius 1 is 0.828 bits per heavy atom. The summed E-state index contributed by atoms with van der Waals surface area (Å²) in [6.45, 7) is 11.7. The number of Topliss-reactive ketones (excluding diaryl/α,β-unsaturated/α-hetero) is 1. The van der Waals surface area contributed by atoms with E-state index in [1.165, 1.54) is 25.3 Å². The van der Waals surface area contributed by atoms with E-state index in [2.05, 4.69) is 26.0 Å². The number of fused-ring (bicyclic) bond motifs is 2. The van der Waals surface area contributed by atoms with E-state index in [1.54, 1.807) is 34.1 Å². The summed E-state index contributed by atoms with van der Waals surface area (Å²) in [5, 5.41) is 23.0. The summed E-state index contributed by atoms with van der Waals surface area (Å²) in [6.07, 6.45) is 14.3. The molecule has 8 aliphatic rings. The van der Waals surface area contributed by atoms with E-state index < -0.39 is 84.7 Å². The van der Waals surface area contributed by atoms with Gasteiger partial charge in [-0.2, -0.15) is 0 Å². The zero-order valence-electron chi connectivity index (χ0n) is 38.9. The maximum Gasteiger partial charge on any atom is 0.316 e. The van der Waals surface area contributed by atoms with Crippen LogP contribution < -0.4 is 0 Å². The monoisotopic (exact) mass is 896 g/mol. The van der Waals surface area contributed by atoms with Crippen molar-refractivity contribution in [3.05, 3.63) is 59.3 Å². The summed E-state index contributed by atoms with van der Waals surface area (Å²) in [7, 11) is 3.22. The molecule has 5 fully saturated rings. The van der Waals surface area contributed by atoms with Crippen molar-refractivity contribution in [1.29, 1.82) is 0 Å². The van der Waals surface area contributed by atoms with E-state index in [9.17, 15) is 19.8 Å². The Morgan fingerprint density at radius 2 is 1.55 bits per heavy atom. The molecular formula is C50H72O14. The number of aliphatic hydroxyl groups excluding tert-OH is 1. The van der Waals surface area contributed by atoms with Gasteiger partial charge in [-0.15, -0.1) is 0 Å². The normalized spacial score (nSPS) is 48.1. The van der Waals surface area contributed by atoms with Crippen LogP contribution in [0.25, 0.3) is 0 Å². The molecule has 8 rings (SSSR count). The number of carbonyl (C=O) groups excluding carboxylic acids is 2. The van der Waals surface area contributed by atoms with Crippen molar-refractivity contribution in [2.45, 2.75) is 197 Å². The molecule has 4 saturated heterocycles. The predicted octanol–water partition coefficient (Wildman–Crippen LogP) is 6.12. The lowest BCUT2D eigenvalue weighted by molar-refractivity contribution is -0.318. The van der Waals surface area contributed by atoms with Crippen molar-refractivity contribution in [3.63, 3.8) is 0 Å². The van der Waals surface area contributed by atoms with Crippen LogP contribution in [0.4, 0.5) is 0 Å². The van der Waals surface area contributed by atoms with Crippen LogP contribution >= 0.6 is 0 Å². The molecule has 18 atom stereocenters. The minimum Gasteiger partial charge on any atom is -0.462 e.